The van der Waals surface area contributed by atoms with Gasteiger partial charge in [-0.25, -0.2) is 4.98 Å². The fourth-order valence-electron chi connectivity index (χ4n) is 3.44. The number of aryl methyl sites for hydroxylation is 1. The molecule has 1 aliphatic rings. The van der Waals surface area contributed by atoms with Gasteiger partial charge in [-0.2, -0.15) is 0 Å². The second kappa shape index (κ2) is 8.95. The first kappa shape index (κ1) is 21.1. The van der Waals surface area contributed by atoms with Crippen LogP contribution >= 0.6 is 22.9 Å². The molecular formula is C22H20ClN3O4S. The van der Waals surface area contributed by atoms with E-state index in [1.54, 1.807) is 42.5 Å². The fraction of sp³-hybridized carbons (Fsp3) is 0.227. The number of amides is 2. The van der Waals surface area contributed by atoms with E-state index in [1.807, 2.05) is 0 Å². The van der Waals surface area contributed by atoms with E-state index in [2.05, 4.69) is 15.6 Å². The molecule has 2 amide bonds. The first-order chi connectivity index (χ1) is 15.0. The van der Waals surface area contributed by atoms with Gasteiger partial charge in [0, 0.05) is 27.2 Å². The Hall–Kier alpha value is -3.10. The molecule has 1 aromatic heterocycles. The van der Waals surface area contributed by atoms with Crippen LogP contribution in [0.1, 0.15) is 33.3 Å². The molecule has 9 heteroatoms. The predicted octanol–water partition coefficient (Wildman–Crippen LogP) is 4.73. The molecule has 1 atom stereocenters. The van der Waals surface area contributed by atoms with E-state index in [4.69, 9.17) is 21.1 Å². The van der Waals surface area contributed by atoms with Crippen molar-refractivity contribution in [1.82, 2.24) is 4.98 Å². The number of carbonyl (C=O) groups excluding carboxylic acids is 2. The third kappa shape index (κ3) is 4.65. The average molecular weight is 458 g/mol. The van der Waals surface area contributed by atoms with Crippen molar-refractivity contribution < 1.29 is 19.1 Å². The molecule has 31 heavy (non-hydrogen) atoms. The number of hydrogen-bond donors (Lipinski definition) is 2. The number of ether oxygens (including phenoxy) is 2. The second-order valence-corrected chi connectivity index (χ2v) is 8.49. The van der Waals surface area contributed by atoms with Crippen LogP contribution in [-0.4, -0.2) is 31.0 Å². The Morgan fingerprint density at radius 2 is 1.84 bits per heavy atom. The van der Waals surface area contributed by atoms with Gasteiger partial charge in [-0.3, -0.25) is 14.9 Å². The number of thiazole rings is 1. The van der Waals surface area contributed by atoms with Gasteiger partial charge in [-0.05, 0) is 43.2 Å². The molecule has 1 heterocycles. The van der Waals surface area contributed by atoms with Gasteiger partial charge in [0.15, 0.2) is 5.13 Å². The molecule has 2 aromatic carbocycles. The second-order valence-electron chi connectivity index (χ2n) is 6.97. The van der Waals surface area contributed by atoms with Crippen molar-refractivity contribution in [1.29, 1.82) is 0 Å². The van der Waals surface area contributed by atoms with Gasteiger partial charge < -0.3 is 14.8 Å². The van der Waals surface area contributed by atoms with Gasteiger partial charge in [0.25, 0.3) is 5.91 Å². The highest BCUT2D eigenvalue weighted by Crippen LogP contribution is 2.39. The molecule has 0 radical (unpaired) electrons. The van der Waals surface area contributed by atoms with Crippen molar-refractivity contribution in [3.05, 3.63) is 63.6 Å². The first-order valence-electron chi connectivity index (χ1n) is 9.57. The zero-order valence-corrected chi connectivity index (χ0v) is 18.5. The fourth-order valence-corrected chi connectivity index (χ4v) is 4.66. The van der Waals surface area contributed by atoms with E-state index in [0.29, 0.717) is 45.0 Å². The van der Waals surface area contributed by atoms with Crippen molar-refractivity contribution in [2.24, 2.45) is 0 Å². The summed E-state index contributed by atoms with van der Waals surface area (Å²) in [5, 5.41) is 6.72. The van der Waals surface area contributed by atoms with Crippen molar-refractivity contribution >= 4 is 45.6 Å². The average Bonchev–Trinajstić information content (AvgIpc) is 3.33. The Morgan fingerprint density at radius 3 is 2.52 bits per heavy atom. The molecule has 0 spiro atoms. The largest absolute Gasteiger partial charge is 0.497 e. The topological polar surface area (TPSA) is 89.6 Å². The number of nitrogens with zero attached hydrogens (tertiary/aromatic N) is 1. The Morgan fingerprint density at radius 1 is 1.10 bits per heavy atom. The number of anilines is 2. The van der Waals surface area contributed by atoms with Gasteiger partial charge in [-0.1, -0.05) is 17.7 Å². The zero-order chi connectivity index (χ0) is 22.0. The van der Waals surface area contributed by atoms with Crippen LogP contribution in [-0.2, 0) is 11.2 Å². The minimum absolute atomic E-state index is 0.137. The van der Waals surface area contributed by atoms with Gasteiger partial charge in [0.2, 0.25) is 5.91 Å². The maximum Gasteiger partial charge on any atom is 0.257 e. The van der Waals surface area contributed by atoms with Crippen LogP contribution in [0.2, 0.25) is 5.02 Å². The van der Waals surface area contributed by atoms with Crippen molar-refractivity contribution in [2.45, 2.75) is 18.8 Å². The van der Waals surface area contributed by atoms with Crippen molar-refractivity contribution in [2.75, 3.05) is 24.9 Å². The molecule has 0 aliphatic heterocycles. The summed E-state index contributed by atoms with van der Waals surface area (Å²) < 4.78 is 10.4. The quantitative estimate of drug-likeness (QED) is 0.558. The Balaban J connectivity index is 1.48. The van der Waals surface area contributed by atoms with Crippen LogP contribution in [0.3, 0.4) is 0 Å². The van der Waals surface area contributed by atoms with Crippen LogP contribution in [0.4, 0.5) is 10.8 Å². The maximum absolute atomic E-state index is 12.8. The highest BCUT2D eigenvalue weighted by molar-refractivity contribution is 7.16. The van der Waals surface area contributed by atoms with Crippen LogP contribution in [0.25, 0.3) is 0 Å². The number of halogens is 1. The summed E-state index contributed by atoms with van der Waals surface area (Å²) in [6.07, 6.45) is 1.42. The lowest BCUT2D eigenvalue weighted by Crippen LogP contribution is -2.20. The predicted molar refractivity (Wildman–Crippen MR) is 121 cm³/mol. The molecule has 2 N–H and O–H groups in total. The lowest BCUT2D eigenvalue weighted by Gasteiger charge is -2.11. The van der Waals surface area contributed by atoms with E-state index in [-0.39, 0.29) is 17.7 Å². The molecule has 160 valence electrons. The number of aromatic nitrogens is 1. The Kier molecular flexibility index (Phi) is 6.11. The molecule has 4 rings (SSSR count). The van der Waals surface area contributed by atoms with Gasteiger partial charge in [0.1, 0.15) is 11.5 Å². The lowest BCUT2D eigenvalue weighted by molar-refractivity contribution is -0.117. The zero-order valence-electron chi connectivity index (χ0n) is 16.9. The van der Waals surface area contributed by atoms with E-state index in [9.17, 15) is 9.59 Å². The summed E-state index contributed by atoms with van der Waals surface area (Å²) >= 11 is 7.38. The van der Waals surface area contributed by atoms with Gasteiger partial charge >= 0.3 is 0 Å². The summed E-state index contributed by atoms with van der Waals surface area (Å²) in [5.41, 5.74) is 1.74. The van der Waals surface area contributed by atoms with E-state index < -0.39 is 0 Å². The van der Waals surface area contributed by atoms with Crippen molar-refractivity contribution in [3.63, 3.8) is 0 Å². The minimum atomic E-state index is -0.368. The highest BCUT2D eigenvalue weighted by Gasteiger charge is 2.33. The monoisotopic (exact) mass is 457 g/mol. The number of fused-ring (bicyclic) bond motifs is 1. The van der Waals surface area contributed by atoms with Crippen molar-refractivity contribution in [3.8, 4) is 11.5 Å². The molecule has 1 unspecified atom stereocenters. The van der Waals surface area contributed by atoms with Gasteiger partial charge in [-0.15, -0.1) is 11.3 Å². The first-order valence-corrected chi connectivity index (χ1v) is 10.8. The number of carbonyl (C=O) groups is 2. The van der Waals surface area contributed by atoms with Crippen LogP contribution < -0.4 is 20.1 Å². The number of nitrogens with one attached hydrogen (secondary N) is 2. The summed E-state index contributed by atoms with van der Waals surface area (Å²) in [6.45, 7) is 0. The molecule has 0 fully saturated rings. The minimum Gasteiger partial charge on any atom is -0.497 e. The molecule has 1 aliphatic carbocycles. The number of benzene rings is 2. The SMILES string of the molecule is COc1cc(OC)cc(C(=O)Nc2nc3c(s2)CCC3C(=O)Nc2cccc(Cl)c2)c1. The number of rotatable bonds is 6. The number of methoxy groups -OCH3 is 2. The standard InChI is InChI=1S/C22H20ClN3O4S/c1-29-15-8-12(9-16(11-15)30-2)20(27)26-22-25-19-17(6-7-18(19)31-22)21(28)24-14-5-3-4-13(23)10-14/h3-5,8-11,17H,6-7H2,1-2H3,(H,24,28)(H,25,26,27). The third-order valence-corrected chi connectivity index (χ3v) is 6.24. The molecule has 7 nitrogen and oxygen atoms in total. The summed E-state index contributed by atoms with van der Waals surface area (Å²) in [7, 11) is 3.05. The molecular weight excluding hydrogens is 438 g/mol. The summed E-state index contributed by atoms with van der Waals surface area (Å²) in [5.74, 6) is 0.201. The van der Waals surface area contributed by atoms with Crippen LogP contribution in [0.15, 0.2) is 42.5 Å². The van der Waals surface area contributed by atoms with E-state index in [0.717, 1.165) is 11.3 Å². The van der Waals surface area contributed by atoms with Crippen LogP contribution in [0, 0.1) is 0 Å². The normalized spacial score (nSPS) is 14.6. The Labute approximate surface area is 188 Å². The van der Waals surface area contributed by atoms with E-state index in [1.165, 1.54) is 25.6 Å². The number of hydrogen-bond acceptors (Lipinski definition) is 6. The maximum atomic E-state index is 12.8. The summed E-state index contributed by atoms with van der Waals surface area (Å²) in [6, 6.07) is 12.0. The smallest absolute Gasteiger partial charge is 0.257 e. The van der Waals surface area contributed by atoms with E-state index >= 15 is 0 Å². The molecule has 0 bridgehead atoms. The molecule has 0 saturated carbocycles. The van der Waals surface area contributed by atoms with Crippen LogP contribution in [0.5, 0.6) is 11.5 Å². The third-order valence-electron chi connectivity index (χ3n) is 4.96. The summed E-state index contributed by atoms with van der Waals surface area (Å²) in [4.78, 5) is 31.0. The molecule has 3 aromatic rings. The Bertz CT molecular complexity index is 1130. The molecule has 0 saturated heterocycles. The lowest BCUT2D eigenvalue weighted by atomic mass is 10.1. The highest BCUT2D eigenvalue weighted by atomic mass is 35.5. The van der Waals surface area contributed by atoms with Gasteiger partial charge in [0.05, 0.1) is 25.8 Å².